The molecule has 1 rings (SSSR count). The lowest BCUT2D eigenvalue weighted by Crippen LogP contribution is -2.31. The van der Waals surface area contributed by atoms with E-state index in [1.807, 2.05) is 0 Å². The maximum absolute atomic E-state index is 12.2. The molecule has 0 radical (unpaired) electrons. The van der Waals surface area contributed by atoms with E-state index in [1.54, 1.807) is 12.1 Å². The average Bonchev–Trinajstić information content (AvgIpc) is 2.29. The van der Waals surface area contributed by atoms with Crippen molar-refractivity contribution in [2.24, 2.45) is 0 Å². The van der Waals surface area contributed by atoms with Crippen LogP contribution in [0.1, 0.15) is 0 Å². The van der Waals surface area contributed by atoms with Crippen molar-refractivity contribution in [1.82, 2.24) is 4.31 Å². The van der Waals surface area contributed by atoms with Crippen molar-refractivity contribution in [2.45, 2.75) is 4.90 Å². The van der Waals surface area contributed by atoms with Gasteiger partial charge in [0, 0.05) is 11.0 Å². The van der Waals surface area contributed by atoms with Crippen LogP contribution in [0.5, 0.6) is 0 Å². The van der Waals surface area contributed by atoms with Crippen LogP contribution < -0.4 is 0 Å². The van der Waals surface area contributed by atoms with E-state index in [4.69, 9.17) is 6.42 Å². The van der Waals surface area contributed by atoms with Gasteiger partial charge < -0.3 is 0 Å². The molecule has 90 valence electrons. The van der Waals surface area contributed by atoms with Crippen molar-refractivity contribution >= 4 is 26.0 Å². The van der Waals surface area contributed by atoms with E-state index < -0.39 is 10.0 Å². The number of hydrogen-bond acceptors (Lipinski definition) is 2. The third-order valence-electron chi connectivity index (χ3n) is 2.05. The molecule has 1 aromatic carbocycles. The molecule has 0 aromatic heterocycles. The predicted octanol–water partition coefficient (Wildman–Crippen LogP) is 2.26. The number of nitrogens with zero attached hydrogens (tertiary/aromatic N) is 1. The van der Waals surface area contributed by atoms with Crippen molar-refractivity contribution in [3.63, 3.8) is 0 Å². The lowest BCUT2D eigenvalue weighted by Gasteiger charge is -2.18. The van der Waals surface area contributed by atoms with Crippen LogP contribution in [0, 0.1) is 12.3 Å². The van der Waals surface area contributed by atoms with E-state index in [9.17, 15) is 8.42 Å². The molecule has 0 aliphatic heterocycles. The van der Waals surface area contributed by atoms with Crippen molar-refractivity contribution in [3.05, 3.63) is 41.4 Å². The monoisotopic (exact) mass is 313 g/mol. The molecule has 0 saturated carbocycles. The molecule has 0 fully saturated rings. The normalized spacial score (nSPS) is 11.1. The highest BCUT2D eigenvalue weighted by Crippen LogP contribution is 2.18. The average molecular weight is 314 g/mol. The predicted molar refractivity (Wildman–Crippen MR) is 71.9 cm³/mol. The molecule has 0 heterocycles. The fourth-order valence-corrected chi connectivity index (χ4v) is 2.84. The molecule has 0 atom stereocenters. The number of sulfonamides is 1. The number of halogens is 1. The van der Waals surface area contributed by atoms with Gasteiger partial charge in [0.25, 0.3) is 0 Å². The van der Waals surface area contributed by atoms with E-state index in [0.717, 1.165) is 4.47 Å². The van der Waals surface area contributed by atoms with Crippen molar-refractivity contribution in [3.8, 4) is 12.3 Å². The molecule has 0 bridgehead atoms. The van der Waals surface area contributed by atoms with Crippen molar-refractivity contribution in [2.75, 3.05) is 13.1 Å². The maximum Gasteiger partial charge on any atom is 0.244 e. The fourth-order valence-electron chi connectivity index (χ4n) is 1.25. The van der Waals surface area contributed by atoms with Crippen LogP contribution >= 0.6 is 15.9 Å². The zero-order valence-corrected chi connectivity index (χ0v) is 11.5. The number of hydrogen-bond donors (Lipinski definition) is 0. The molecule has 3 nitrogen and oxygen atoms in total. The molecular formula is C12H12BrNO2S. The second kappa shape index (κ2) is 6.01. The Hall–Kier alpha value is -1.09. The van der Waals surface area contributed by atoms with E-state index >= 15 is 0 Å². The first kappa shape index (κ1) is 14.0. The summed E-state index contributed by atoms with van der Waals surface area (Å²) in [5.74, 6) is 2.33. The van der Waals surface area contributed by atoms with Gasteiger partial charge in [-0.2, -0.15) is 4.31 Å². The minimum atomic E-state index is -3.54. The summed E-state index contributed by atoms with van der Waals surface area (Å²) in [4.78, 5) is 0.220. The van der Waals surface area contributed by atoms with Crippen molar-refractivity contribution in [1.29, 1.82) is 0 Å². The van der Waals surface area contributed by atoms with Gasteiger partial charge >= 0.3 is 0 Å². The highest BCUT2D eigenvalue weighted by molar-refractivity contribution is 9.10. The van der Waals surface area contributed by atoms with Gasteiger partial charge in [-0.05, 0) is 24.3 Å². The topological polar surface area (TPSA) is 37.4 Å². The van der Waals surface area contributed by atoms with Crippen LogP contribution in [0.3, 0.4) is 0 Å². The summed E-state index contributed by atoms with van der Waals surface area (Å²) in [7, 11) is -3.54. The Balaban J connectivity index is 3.12. The Morgan fingerprint density at radius 1 is 1.41 bits per heavy atom. The molecule has 0 aliphatic carbocycles. The maximum atomic E-state index is 12.2. The Morgan fingerprint density at radius 3 is 2.47 bits per heavy atom. The summed E-state index contributed by atoms with van der Waals surface area (Å²) in [6.45, 7) is 3.75. The second-order valence-electron chi connectivity index (χ2n) is 3.24. The molecule has 17 heavy (non-hydrogen) atoms. The Kier molecular flexibility index (Phi) is 4.94. The zero-order valence-electron chi connectivity index (χ0n) is 9.14. The van der Waals surface area contributed by atoms with E-state index in [-0.39, 0.29) is 18.0 Å². The Labute approximate surface area is 110 Å². The molecule has 1 aromatic rings. The minimum absolute atomic E-state index is 0.0322. The van der Waals surface area contributed by atoms with Gasteiger partial charge in [0.15, 0.2) is 0 Å². The lowest BCUT2D eigenvalue weighted by atomic mass is 10.4. The molecule has 0 saturated heterocycles. The zero-order chi connectivity index (χ0) is 12.9. The standard InChI is InChI=1S/C12H12BrNO2S/c1-3-9-14(10-4-2)17(15,16)12-7-5-11(13)6-8-12/h1,4-8H,2,9-10H2. The third-order valence-corrected chi connectivity index (χ3v) is 4.41. The molecule has 0 amide bonds. The number of benzene rings is 1. The van der Waals surface area contributed by atoms with Crippen LogP contribution in [0.15, 0.2) is 46.3 Å². The summed E-state index contributed by atoms with van der Waals surface area (Å²) in [6.07, 6.45) is 6.67. The summed E-state index contributed by atoms with van der Waals surface area (Å²) >= 11 is 3.25. The first-order valence-electron chi connectivity index (χ1n) is 4.82. The van der Waals surface area contributed by atoms with Crippen LogP contribution in [0.25, 0.3) is 0 Å². The lowest BCUT2D eigenvalue weighted by molar-refractivity contribution is 0.478. The number of rotatable bonds is 5. The van der Waals surface area contributed by atoms with Crippen LogP contribution in [0.2, 0.25) is 0 Å². The molecule has 0 spiro atoms. The summed E-state index contributed by atoms with van der Waals surface area (Å²) < 4.78 is 26.4. The SMILES string of the molecule is C#CCN(CC=C)S(=O)(=O)c1ccc(Br)cc1. The minimum Gasteiger partial charge on any atom is -0.207 e. The molecule has 0 unspecified atom stereocenters. The molecular weight excluding hydrogens is 302 g/mol. The van der Waals surface area contributed by atoms with Gasteiger partial charge in [-0.3, -0.25) is 0 Å². The second-order valence-corrected chi connectivity index (χ2v) is 6.10. The smallest absolute Gasteiger partial charge is 0.207 e. The van der Waals surface area contributed by atoms with Crippen LogP contribution in [0.4, 0.5) is 0 Å². The number of terminal acetylenes is 1. The molecule has 0 N–H and O–H groups in total. The first-order valence-corrected chi connectivity index (χ1v) is 7.05. The Morgan fingerprint density at radius 2 is 2.00 bits per heavy atom. The van der Waals surface area contributed by atoms with Crippen molar-refractivity contribution < 1.29 is 8.42 Å². The molecule has 0 aliphatic rings. The van der Waals surface area contributed by atoms with Gasteiger partial charge in [0.05, 0.1) is 11.4 Å². The van der Waals surface area contributed by atoms with Gasteiger partial charge in [-0.1, -0.05) is 27.9 Å². The van der Waals surface area contributed by atoms with Gasteiger partial charge in [-0.15, -0.1) is 13.0 Å². The first-order chi connectivity index (χ1) is 8.02. The van der Waals surface area contributed by atoms with Gasteiger partial charge in [0.1, 0.15) is 0 Å². The van der Waals surface area contributed by atoms with E-state index in [2.05, 4.69) is 28.4 Å². The summed E-state index contributed by atoms with van der Waals surface area (Å²) in [5.41, 5.74) is 0. The van der Waals surface area contributed by atoms with Crippen LogP contribution in [-0.2, 0) is 10.0 Å². The molecule has 5 heteroatoms. The third kappa shape index (κ3) is 3.43. The summed E-state index contributed by atoms with van der Waals surface area (Å²) in [5, 5.41) is 0. The van der Waals surface area contributed by atoms with E-state index in [0.29, 0.717) is 0 Å². The highest BCUT2D eigenvalue weighted by atomic mass is 79.9. The van der Waals surface area contributed by atoms with Gasteiger partial charge in [0.2, 0.25) is 10.0 Å². The highest BCUT2D eigenvalue weighted by Gasteiger charge is 2.22. The Bertz CT molecular complexity index is 529. The quantitative estimate of drug-likeness (QED) is 0.617. The largest absolute Gasteiger partial charge is 0.244 e. The summed E-state index contributed by atoms with van der Waals surface area (Å²) in [6, 6.07) is 6.42. The van der Waals surface area contributed by atoms with Gasteiger partial charge in [-0.25, -0.2) is 8.42 Å². The van der Waals surface area contributed by atoms with E-state index in [1.165, 1.54) is 22.5 Å². The van der Waals surface area contributed by atoms with Crippen LogP contribution in [-0.4, -0.2) is 25.8 Å². The fraction of sp³-hybridized carbons (Fsp3) is 0.167.